The molecule has 4 heteroatoms. The van der Waals surface area contributed by atoms with Gasteiger partial charge in [0.1, 0.15) is 5.82 Å². The molecule has 2 atom stereocenters. The quantitative estimate of drug-likeness (QED) is 0.908. The fourth-order valence-corrected chi connectivity index (χ4v) is 2.70. The van der Waals surface area contributed by atoms with Gasteiger partial charge in [0.25, 0.3) is 0 Å². The molecule has 0 saturated carbocycles. The molecular weight excluding hydrogens is 236 g/mol. The normalized spacial score (nSPS) is 23.9. The topological polar surface area (TPSA) is 47.1 Å². The molecular formula is C15H20N4. The fraction of sp³-hybridized carbons (Fsp3) is 0.400. The van der Waals surface area contributed by atoms with Crippen molar-refractivity contribution in [3.63, 3.8) is 0 Å². The first-order chi connectivity index (χ1) is 9.24. The minimum Gasteiger partial charge on any atom is -0.326 e. The van der Waals surface area contributed by atoms with E-state index in [1.165, 1.54) is 0 Å². The Balaban J connectivity index is 1.78. The summed E-state index contributed by atoms with van der Waals surface area (Å²) in [6, 6.07) is 10.6. The van der Waals surface area contributed by atoms with Crippen molar-refractivity contribution in [2.45, 2.75) is 19.5 Å². The Hall–Kier alpha value is -1.65. The second-order valence-corrected chi connectivity index (χ2v) is 5.38. The lowest BCUT2D eigenvalue weighted by molar-refractivity contribution is 0.309. The third-order valence-corrected chi connectivity index (χ3v) is 3.86. The van der Waals surface area contributed by atoms with Crippen molar-refractivity contribution in [3.8, 4) is 5.69 Å². The molecule has 2 unspecified atom stereocenters. The fourth-order valence-electron chi connectivity index (χ4n) is 2.70. The van der Waals surface area contributed by atoms with E-state index in [0.717, 1.165) is 31.1 Å². The van der Waals surface area contributed by atoms with Gasteiger partial charge in [-0.2, -0.15) is 0 Å². The molecule has 0 spiro atoms. The first-order valence-electron chi connectivity index (χ1n) is 6.79. The van der Waals surface area contributed by atoms with E-state index in [2.05, 4.69) is 33.5 Å². The molecule has 19 heavy (non-hydrogen) atoms. The maximum absolute atomic E-state index is 6.08. The van der Waals surface area contributed by atoms with E-state index in [1.54, 1.807) is 0 Å². The number of nitrogens with zero attached hydrogens (tertiary/aromatic N) is 3. The van der Waals surface area contributed by atoms with Gasteiger partial charge in [0.2, 0.25) is 0 Å². The van der Waals surface area contributed by atoms with Gasteiger partial charge in [0.15, 0.2) is 0 Å². The van der Waals surface area contributed by atoms with Crippen molar-refractivity contribution in [2.75, 3.05) is 13.1 Å². The van der Waals surface area contributed by atoms with Gasteiger partial charge in [-0.05, 0) is 18.1 Å². The molecule has 0 amide bonds. The molecule has 3 rings (SSSR count). The van der Waals surface area contributed by atoms with E-state index in [9.17, 15) is 0 Å². The number of benzene rings is 1. The Morgan fingerprint density at radius 1 is 1.26 bits per heavy atom. The summed E-state index contributed by atoms with van der Waals surface area (Å²) >= 11 is 0. The molecule has 0 bridgehead atoms. The molecule has 1 saturated heterocycles. The third kappa shape index (κ3) is 2.55. The largest absolute Gasteiger partial charge is 0.326 e. The maximum atomic E-state index is 6.08. The summed E-state index contributed by atoms with van der Waals surface area (Å²) in [6.45, 7) is 5.10. The second-order valence-electron chi connectivity index (χ2n) is 5.38. The highest BCUT2D eigenvalue weighted by molar-refractivity contribution is 5.32. The molecule has 1 aliphatic rings. The summed E-state index contributed by atoms with van der Waals surface area (Å²) in [4.78, 5) is 6.87. The number of hydrogen-bond acceptors (Lipinski definition) is 3. The molecule has 1 aromatic carbocycles. The first-order valence-corrected chi connectivity index (χ1v) is 6.79. The maximum Gasteiger partial charge on any atom is 0.127 e. The van der Waals surface area contributed by atoms with Crippen LogP contribution in [0.1, 0.15) is 12.7 Å². The smallest absolute Gasteiger partial charge is 0.127 e. The van der Waals surface area contributed by atoms with E-state index in [-0.39, 0.29) is 0 Å². The van der Waals surface area contributed by atoms with Crippen LogP contribution in [-0.4, -0.2) is 33.6 Å². The summed E-state index contributed by atoms with van der Waals surface area (Å²) in [5.74, 6) is 1.65. The molecule has 2 N–H and O–H groups in total. The van der Waals surface area contributed by atoms with Crippen LogP contribution in [0.2, 0.25) is 0 Å². The number of likely N-dealkylation sites (tertiary alicyclic amines) is 1. The summed E-state index contributed by atoms with van der Waals surface area (Å²) in [7, 11) is 0. The lowest BCUT2D eigenvalue weighted by Gasteiger charge is -2.16. The molecule has 2 heterocycles. The minimum atomic E-state index is 0.292. The Morgan fingerprint density at radius 3 is 2.74 bits per heavy atom. The predicted molar refractivity (Wildman–Crippen MR) is 76.0 cm³/mol. The zero-order chi connectivity index (χ0) is 13.2. The molecule has 2 aromatic rings. The SMILES string of the molecule is CC1CN(Cc2nccn2-c2ccccc2)CC1N. The van der Waals surface area contributed by atoms with Crippen LogP contribution in [0, 0.1) is 5.92 Å². The van der Waals surface area contributed by atoms with Gasteiger partial charge in [-0.15, -0.1) is 0 Å². The van der Waals surface area contributed by atoms with Gasteiger partial charge in [-0.1, -0.05) is 25.1 Å². The van der Waals surface area contributed by atoms with E-state index in [4.69, 9.17) is 5.73 Å². The van der Waals surface area contributed by atoms with Gasteiger partial charge in [0.05, 0.1) is 6.54 Å². The van der Waals surface area contributed by atoms with E-state index in [0.29, 0.717) is 12.0 Å². The highest BCUT2D eigenvalue weighted by Crippen LogP contribution is 2.18. The molecule has 0 aliphatic carbocycles. The van der Waals surface area contributed by atoms with Gasteiger partial charge >= 0.3 is 0 Å². The van der Waals surface area contributed by atoms with Gasteiger partial charge in [-0.3, -0.25) is 4.90 Å². The molecule has 100 valence electrons. The molecule has 1 aromatic heterocycles. The minimum absolute atomic E-state index is 0.292. The van der Waals surface area contributed by atoms with Gasteiger partial charge < -0.3 is 10.3 Å². The average Bonchev–Trinajstić information content (AvgIpc) is 2.99. The standard InChI is InChI=1S/C15H20N4/c1-12-9-18(10-14(12)16)11-15-17-7-8-19(15)13-5-3-2-4-6-13/h2-8,12,14H,9-11,16H2,1H3. The van der Waals surface area contributed by atoms with Gasteiger partial charge in [0, 0.05) is 37.2 Å². The van der Waals surface area contributed by atoms with Crippen molar-refractivity contribution in [3.05, 3.63) is 48.5 Å². The van der Waals surface area contributed by atoms with Crippen molar-refractivity contribution in [1.82, 2.24) is 14.5 Å². The van der Waals surface area contributed by atoms with Crippen molar-refractivity contribution in [2.24, 2.45) is 11.7 Å². The van der Waals surface area contributed by atoms with Crippen LogP contribution >= 0.6 is 0 Å². The molecule has 4 nitrogen and oxygen atoms in total. The number of para-hydroxylation sites is 1. The van der Waals surface area contributed by atoms with Crippen LogP contribution in [0.25, 0.3) is 5.69 Å². The van der Waals surface area contributed by atoms with Crippen molar-refractivity contribution >= 4 is 0 Å². The molecule has 1 fully saturated rings. The summed E-state index contributed by atoms with van der Waals surface area (Å²) in [5, 5.41) is 0. The van der Waals surface area contributed by atoms with Gasteiger partial charge in [-0.25, -0.2) is 4.98 Å². The molecule has 0 radical (unpaired) electrons. The van der Waals surface area contributed by atoms with Crippen LogP contribution in [0.15, 0.2) is 42.7 Å². The lowest BCUT2D eigenvalue weighted by Crippen LogP contribution is -2.28. The van der Waals surface area contributed by atoms with Crippen molar-refractivity contribution in [1.29, 1.82) is 0 Å². The second kappa shape index (κ2) is 5.15. The number of nitrogens with two attached hydrogens (primary N) is 1. The van der Waals surface area contributed by atoms with Crippen LogP contribution in [0.3, 0.4) is 0 Å². The zero-order valence-electron chi connectivity index (χ0n) is 11.2. The Bertz CT molecular complexity index is 524. The number of imidazole rings is 1. The highest BCUT2D eigenvalue weighted by Gasteiger charge is 2.27. The van der Waals surface area contributed by atoms with E-state index >= 15 is 0 Å². The van der Waals surface area contributed by atoms with E-state index in [1.807, 2.05) is 30.6 Å². The van der Waals surface area contributed by atoms with Crippen LogP contribution < -0.4 is 5.73 Å². The number of rotatable bonds is 3. The highest BCUT2D eigenvalue weighted by atomic mass is 15.2. The Morgan fingerprint density at radius 2 is 2.05 bits per heavy atom. The first kappa shape index (κ1) is 12.4. The Kier molecular flexibility index (Phi) is 3.36. The monoisotopic (exact) mass is 256 g/mol. The number of aromatic nitrogens is 2. The third-order valence-electron chi connectivity index (χ3n) is 3.86. The van der Waals surface area contributed by atoms with Crippen LogP contribution in [0.4, 0.5) is 0 Å². The summed E-state index contributed by atoms with van der Waals surface area (Å²) in [5.41, 5.74) is 7.24. The summed E-state index contributed by atoms with van der Waals surface area (Å²) < 4.78 is 2.15. The average molecular weight is 256 g/mol. The van der Waals surface area contributed by atoms with E-state index < -0.39 is 0 Å². The van der Waals surface area contributed by atoms with Crippen LogP contribution in [-0.2, 0) is 6.54 Å². The van der Waals surface area contributed by atoms with Crippen molar-refractivity contribution < 1.29 is 0 Å². The lowest BCUT2D eigenvalue weighted by atomic mass is 10.1. The van der Waals surface area contributed by atoms with Crippen LogP contribution in [0.5, 0.6) is 0 Å². The Labute approximate surface area is 113 Å². The predicted octanol–water partition coefficient (Wildman–Crippen LogP) is 1.65. The molecule has 1 aliphatic heterocycles. The summed E-state index contributed by atoms with van der Waals surface area (Å²) in [6.07, 6.45) is 3.88. The zero-order valence-corrected chi connectivity index (χ0v) is 11.2. The number of hydrogen-bond donors (Lipinski definition) is 1.